The normalized spacial score (nSPS) is 10.1. The van der Waals surface area contributed by atoms with E-state index >= 15 is 0 Å². The molecule has 4 heteroatoms. The van der Waals surface area contributed by atoms with Crippen LogP contribution in [0.4, 0.5) is 10.1 Å². The van der Waals surface area contributed by atoms with Gasteiger partial charge in [0.05, 0.1) is 18.2 Å². The van der Waals surface area contributed by atoms with Crippen LogP contribution in [0.1, 0.15) is 16.7 Å². The lowest BCUT2D eigenvalue weighted by molar-refractivity contribution is 0.185. The maximum atomic E-state index is 13.7. The van der Waals surface area contributed by atoms with Gasteiger partial charge in [-0.2, -0.15) is 5.26 Å². The summed E-state index contributed by atoms with van der Waals surface area (Å²) in [5.74, 6) is -0.319. The third-order valence-electron chi connectivity index (χ3n) is 2.96. The third kappa shape index (κ3) is 3.34. The number of halogens is 1. The number of nitriles is 1. The number of benzene rings is 2. The van der Waals surface area contributed by atoms with Crippen LogP contribution >= 0.6 is 0 Å². The molecule has 0 aromatic heterocycles. The largest absolute Gasteiger partial charge is 0.381 e. The first-order chi connectivity index (χ1) is 9.74. The molecule has 0 aliphatic carbocycles. The quantitative estimate of drug-likeness (QED) is 0.905. The van der Waals surface area contributed by atoms with Crippen LogP contribution in [0.2, 0.25) is 0 Å². The van der Waals surface area contributed by atoms with Crippen molar-refractivity contribution in [1.29, 1.82) is 5.26 Å². The highest BCUT2D eigenvalue weighted by Crippen LogP contribution is 2.18. The zero-order valence-corrected chi connectivity index (χ0v) is 11.2. The van der Waals surface area contributed by atoms with Crippen molar-refractivity contribution in [1.82, 2.24) is 0 Å². The standard InChI is InChI=1S/C16H15FN2O/c1-20-11-13-4-2-3-5-16(13)19-10-14-8-12(9-18)6-7-15(14)17/h2-8,19H,10-11H2,1H3. The van der Waals surface area contributed by atoms with Gasteiger partial charge in [-0.05, 0) is 24.3 Å². The molecule has 2 aromatic rings. The van der Waals surface area contributed by atoms with Crippen LogP contribution in [0, 0.1) is 17.1 Å². The summed E-state index contributed by atoms with van der Waals surface area (Å²) in [4.78, 5) is 0. The van der Waals surface area contributed by atoms with Gasteiger partial charge in [0.2, 0.25) is 0 Å². The van der Waals surface area contributed by atoms with Crippen LogP contribution < -0.4 is 5.32 Å². The molecule has 3 nitrogen and oxygen atoms in total. The van der Waals surface area contributed by atoms with Crippen molar-refractivity contribution >= 4 is 5.69 Å². The minimum absolute atomic E-state index is 0.319. The predicted molar refractivity (Wildman–Crippen MR) is 75.6 cm³/mol. The molecule has 0 radical (unpaired) electrons. The average molecular weight is 270 g/mol. The second-order valence-electron chi connectivity index (χ2n) is 4.36. The van der Waals surface area contributed by atoms with Gasteiger partial charge < -0.3 is 10.1 Å². The Morgan fingerprint density at radius 1 is 1.20 bits per heavy atom. The van der Waals surface area contributed by atoms with Crippen LogP contribution in [0.25, 0.3) is 0 Å². The number of rotatable bonds is 5. The number of anilines is 1. The Labute approximate surface area is 117 Å². The molecule has 0 aliphatic rings. The Kier molecular flexibility index (Phi) is 4.70. The summed E-state index contributed by atoms with van der Waals surface area (Å²) in [6.45, 7) is 0.811. The topological polar surface area (TPSA) is 45.0 Å². The number of nitrogens with one attached hydrogen (secondary N) is 1. The molecule has 0 spiro atoms. The van der Waals surface area contributed by atoms with Crippen molar-refractivity contribution in [3.05, 3.63) is 65.0 Å². The van der Waals surface area contributed by atoms with Crippen LogP contribution in [0.15, 0.2) is 42.5 Å². The summed E-state index contributed by atoms with van der Waals surface area (Å²) < 4.78 is 18.8. The summed E-state index contributed by atoms with van der Waals surface area (Å²) in [5, 5.41) is 12.0. The Morgan fingerprint density at radius 3 is 2.75 bits per heavy atom. The SMILES string of the molecule is COCc1ccccc1NCc1cc(C#N)ccc1F. The second-order valence-corrected chi connectivity index (χ2v) is 4.36. The number of nitrogens with zero attached hydrogens (tertiary/aromatic N) is 1. The van der Waals surface area contributed by atoms with Crippen LogP contribution in [0.5, 0.6) is 0 Å². The molecule has 0 saturated heterocycles. The second kappa shape index (κ2) is 6.69. The highest BCUT2D eigenvalue weighted by molar-refractivity contribution is 5.51. The van der Waals surface area contributed by atoms with E-state index in [1.165, 1.54) is 12.1 Å². The lowest BCUT2D eigenvalue weighted by Gasteiger charge is -2.12. The van der Waals surface area contributed by atoms with E-state index in [4.69, 9.17) is 10.00 Å². The van der Waals surface area contributed by atoms with Gasteiger partial charge in [-0.3, -0.25) is 0 Å². The number of para-hydroxylation sites is 1. The lowest BCUT2D eigenvalue weighted by Crippen LogP contribution is -2.05. The Hall–Kier alpha value is -2.38. The zero-order chi connectivity index (χ0) is 14.4. The van der Waals surface area contributed by atoms with Crippen molar-refractivity contribution in [2.24, 2.45) is 0 Å². The van der Waals surface area contributed by atoms with Gasteiger partial charge in [-0.1, -0.05) is 18.2 Å². The minimum Gasteiger partial charge on any atom is -0.381 e. The highest BCUT2D eigenvalue weighted by Gasteiger charge is 2.05. The molecular weight excluding hydrogens is 255 g/mol. The van der Waals surface area contributed by atoms with E-state index < -0.39 is 0 Å². The van der Waals surface area contributed by atoms with Gasteiger partial charge in [0.1, 0.15) is 5.82 Å². The summed E-state index contributed by atoms with van der Waals surface area (Å²) in [5.41, 5.74) is 2.83. The fourth-order valence-electron chi connectivity index (χ4n) is 1.94. The third-order valence-corrected chi connectivity index (χ3v) is 2.96. The molecule has 0 amide bonds. The van der Waals surface area contributed by atoms with E-state index in [0.717, 1.165) is 11.3 Å². The number of hydrogen-bond donors (Lipinski definition) is 1. The van der Waals surface area contributed by atoms with E-state index in [-0.39, 0.29) is 5.82 Å². The molecule has 2 rings (SSSR count). The first-order valence-electron chi connectivity index (χ1n) is 6.24. The molecule has 1 N–H and O–H groups in total. The highest BCUT2D eigenvalue weighted by atomic mass is 19.1. The first-order valence-corrected chi connectivity index (χ1v) is 6.24. The smallest absolute Gasteiger partial charge is 0.128 e. The minimum atomic E-state index is -0.319. The molecule has 0 aliphatic heterocycles. The Bertz CT molecular complexity index is 635. The van der Waals surface area contributed by atoms with Gasteiger partial charge in [-0.15, -0.1) is 0 Å². The summed E-state index contributed by atoms with van der Waals surface area (Å²) >= 11 is 0. The zero-order valence-electron chi connectivity index (χ0n) is 11.2. The number of hydrogen-bond acceptors (Lipinski definition) is 3. The van der Waals surface area contributed by atoms with Crippen molar-refractivity contribution < 1.29 is 9.13 Å². The van der Waals surface area contributed by atoms with Gasteiger partial charge in [-0.25, -0.2) is 4.39 Å². The van der Waals surface area contributed by atoms with Crippen LogP contribution in [0.3, 0.4) is 0 Å². The van der Waals surface area contributed by atoms with Crippen molar-refractivity contribution in [3.63, 3.8) is 0 Å². The van der Waals surface area contributed by atoms with E-state index in [0.29, 0.717) is 24.3 Å². The summed E-state index contributed by atoms with van der Waals surface area (Å²) in [6.07, 6.45) is 0. The fraction of sp³-hybridized carbons (Fsp3) is 0.188. The van der Waals surface area contributed by atoms with Crippen LogP contribution in [-0.4, -0.2) is 7.11 Å². The molecule has 102 valence electrons. The predicted octanol–water partition coefficient (Wildman–Crippen LogP) is 3.46. The van der Waals surface area contributed by atoms with Gasteiger partial charge in [0, 0.05) is 30.5 Å². The van der Waals surface area contributed by atoms with Crippen molar-refractivity contribution in [2.45, 2.75) is 13.2 Å². The molecule has 0 saturated carbocycles. The van der Waals surface area contributed by atoms with Crippen molar-refractivity contribution in [3.8, 4) is 6.07 Å². The fourth-order valence-corrected chi connectivity index (χ4v) is 1.94. The maximum Gasteiger partial charge on any atom is 0.128 e. The van der Waals surface area contributed by atoms with E-state index in [1.54, 1.807) is 13.2 Å². The lowest BCUT2D eigenvalue weighted by atomic mass is 10.1. The Morgan fingerprint density at radius 2 is 2.00 bits per heavy atom. The number of methoxy groups -OCH3 is 1. The molecule has 0 unspecified atom stereocenters. The molecular formula is C16H15FN2O. The van der Waals surface area contributed by atoms with Crippen molar-refractivity contribution in [2.75, 3.05) is 12.4 Å². The van der Waals surface area contributed by atoms with Gasteiger partial charge in [0.15, 0.2) is 0 Å². The molecule has 0 atom stereocenters. The molecule has 0 fully saturated rings. The first kappa shape index (κ1) is 14.0. The van der Waals surface area contributed by atoms with Gasteiger partial charge >= 0.3 is 0 Å². The molecule has 2 aromatic carbocycles. The molecule has 0 bridgehead atoms. The molecule has 0 heterocycles. The summed E-state index contributed by atoms with van der Waals surface area (Å²) in [7, 11) is 1.63. The summed E-state index contributed by atoms with van der Waals surface area (Å²) in [6, 6.07) is 14.1. The Balaban J connectivity index is 2.15. The molecule has 20 heavy (non-hydrogen) atoms. The van der Waals surface area contributed by atoms with E-state index in [9.17, 15) is 4.39 Å². The van der Waals surface area contributed by atoms with E-state index in [2.05, 4.69) is 5.32 Å². The van der Waals surface area contributed by atoms with E-state index in [1.807, 2.05) is 30.3 Å². The van der Waals surface area contributed by atoms with Gasteiger partial charge in [0.25, 0.3) is 0 Å². The maximum absolute atomic E-state index is 13.7. The number of ether oxygens (including phenoxy) is 1. The monoisotopic (exact) mass is 270 g/mol. The average Bonchev–Trinajstić information content (AvgIpc) is 2.48. The van der Waals surface area contributed by atoms with Crippen LogP contribution in [-0.2, 0) is 17.9 Å².